The average Bonchev–Trinajstić information content (AvgIpc) is 2.89. The number of thioether (sulfide) groups is 1. The van der Waals surface area contributed by atoms with Gasteiger partial charge in [0.1, 0.15) is 11.5 Å². The molecule has 38 heavy (non-hydrogen) atoms. The lowest BCUT2D eigenvalue weighted by molar-refractivity contribution is 0.0234. The van der Waals surface area contributed by atoms with Crippen LogP contribution in [0.3, 0.4) is 0 Å². The quantitative estimate of drug-likeness (QED) is 0.184. The van der Waals surface area contributed by atoms with Crippen LogP contribution in [0.2, 0.25) is 18.1 Å². The van der Waals surface area contributed by atoms with Crippen LogP contribution in [0.1, 0.15) is 70.9 Å². The highest BCUT2D eigenvalue weighted by Gasteiger charge is 2.52. The zero-order chi connectivity index (χ0) is 28.0. The predicted molar refractivity (Wildman–Crippen MR) is 162 cm³/mol. The van der Waals surface area contributed by atoms with Gasteiger partial charge in [-0.25, -0.2) is 0 Å². The second kappa shape index (κ2) is 12.5. The van der Waals surface area contributed by atoms with Crippen molar-refractivity contribution < 1.29 is 19.0 Å². The normalized spacial score (nSPS) is 21.3. The molecular formula is C32H46O4SSi. The van der Waals surface area contributed by atoms with Crippen molar-refractivity contribution in [2.24, 2.45) is 0 Å². The first kappa shape index (κ1) is 30.6. The van der Waals surface area contributed by atoms with Crippen LogP contribution in [0.5, 0.6) is 11.5 Å². The summed E-state index contributed by atoms with van der Waals surface area (Å²) >= 11 is 1.74. The van der Waals surface area contributed by atoms with Gasteiger partial charge in [-0.15, -0.1) is 11.8 Å². The fourth-order valence-electron chi connectivity index (χ4n) is 4.53. The van der Waals surface area contributed by atoms with Crippen molar-refractivity contribution in [3.8, 4) is 23.3 Å². The van der Waals surface area contributed by atoms with Gasteiger partial charge in [-0.3, -0.25) is 0 Å². The molecule has 0 amide bonds. The van der Waals surface area contributed by atoms with Crippen LogP contribution < -0.4 is 9.47 Å². The maximum absolute atomic E-state index is 12.3. The summed E-state index contributed by atoms with van der Waals surface area (Å²) in [5.74, 6) is 9.00. The number of hydrogen-bond donors (Lipinski definition) is 1. The topological polar surface area (TPSA) is 47.9 Å². The third-order valence-electron chi connectivity index (χ3n) is 8.36. The Bertz CT molecular complexity index is 1130. The number of fused-ring (bicyclic) bond motifs is 1. The molecule has 0 saturated heterocycles. The third kappa shape index (κ3) is 6.62. The molecule has 1 aliphatic heterocycles. The largest absolute Gasteiger partial charge is 0.497 e. The highest BCUT2D eigenvalue weighted by atomic mass is 32.2. The summed E-state index contributed by atoms with van der Waals surface area (Å²) in [7, 11) is 1.67. The molecule has 0 aliphatic carbocycles. The predicted octanol–water partition coefficient (Wildman–Crippen LogP) is 7.93. The van der Waals surface area contributed by atoms with Gasteiger partial charge in [0.25, 0.3) is 0 Å². The zero-order valence-corrected chi connectivity index (χ0v) is 26.4. The summed E-state index contributed by atoms with van der Waals surface area (Å²) < 4.78 is 17.1. The third-order valence-corrected chi connectivity index (χ3v) is 14.3. The van der Waals surface area contributed by atoms with Gasteiger partial charge in [-0.2, -0.15) is 0 Å². The molecule has 1 heterocycles. The number of rotatable bonds is 10. The van der Waals surface area contributed by atoms with Crippen LogP contribution in [0.4, 0.5) is 0 Å². The van der Waals surface area contributed by atoms with Gasteiger partial charge in [0, 0.05) is 34.7 Å². The van der Waals surface area contributed by atoms with E-state index in [0.29, 0.717) is 5.75 Å². The maximum atomic E-state index is 12.3. The van der Waals surface area contributed by atoms with Gasteiger partial charge in [-0.1, -0.05) is 70.6 Å². The van der Waals surface area contributed by atoms with Crippen molar-refractivity contribution in [1.29, 1.82) is 0 Å². The number of benzene rings is 2. The van der Waals surface area contributed by atoms with Crippen LogP contribution in [-0.2, 0) is 15.4 Å². The van der Waals surface area contributed by atoms with E-state index >= 15 is 0 Å². The average molecular weight is 555 g/mol. The van der Waals surface area contributed by atoms with Crippen molar-refractivity contribution in [2.45, 2.75) is 93.8 Å². The Morgan fingerprint density at radius 1 is 0.947 bits per heavy atom. The van der Waals surface area contributed by atoms with E-state index in [1.165, 1.54) is 0 Å². The molecule has 2 unspecified atom stereocenters. The molecule has 2 aromatic carbocycles. The standard InChI is InChI=1S/C32H46O4SSi/c1-30(2,3)38(7,8)36-22-14-12-10-9-11-13-21-32(33)28-20-19-27(35-6)23-29(28)37-24-31(32,4)25-15-17-26(34-5)18-16-25/h15-20,23,33H,9-12,14,22,24H2,1-8H3. The van der Waals surface area contributed by atoms with E-state index in [-0.39, 0.29) is 5.04 Å². The molecule has 1 N–H and O–H groups in total. The molecule has 1 aliphatic rings. The van der Waals surface area contributed by atoms with Crippen LogP contribution >= 0.6 is 11.8 Å². The Morgan fingerprint density at radius 3 is 2.21 bits per heavy atom. The number of ether oxygens (including phenoxy) is 2. The highest BCUT2D eigenvalue weighted by Crippen LogP contribution is 2.53. The number of hydrogen-bond acceptors (Lipinski definition) is 5. The fourth-order valence-corrected chi connectivity index (χ4v) is 7.01. The Hall–Kier alpha value is -1.91. The molecule has 3 rings (SSSR count). The van der Waals surface area contributed by atoms with E-state index < -0.39 is 19.3 Å². The molecule has 0 saturated carbocycles. The lowest BCUT2D eigenvalue weighted by atomic mass is 9.66. The van der Waals surface area contributed by atoms with Crippen LogP contribution in [0.25, 0.3) is 0 Å². The van der Waals surface area contributed by atoms with E-state index in [0.717, 1.165) is 66.2 Å². The highest BCUT2D eigenvalue weighted by molar-refractivity contribution is 7.99. The first-order chi connectivity index (χ1) is 17.9. The van der Waals surface area contributed by atoms with E-state index in [1.807, 2.05) is 42.5 Å². The Labute approximate surface area is 236 Å². The summed E-state index contributed by atoms with van der Waals surface area (Å²) in [5.41, 5.74) is -0.000584. The number of methoxy groups -OCH3 is 2. The molecule has 208 valence electrons. The molecular weight excluding hydrogens is 509 g/mol. The van der Waals surface area contributed by atoms with E-state index in [9.17, 15) is 5.11 Å². The Balaban J connectivity index is 1.70. The summed E-state index contributed by atoms with van der Waals surface area (Å²) in [6.07, 6.45) is 5.14. The molecule has 0 fully saturated rings. The smallest absolute Gasteiger partial charge is 0.191 e. The molecule has 0 spiro atoms. The summed E-state index contributed by atoms with van der Waals surface area (Å²) in [6.45, 7) is 14.4. The minimum atomic E-state index is -1.66. The van der Waals surface area contributed by atoms with E-state index in [4.69, 9.17) is 13.9 Å². The minimum Gasteiger partial charge on any atom is -0.497 e. The van der Waals surface area contributed by atoms with Crippen LogP contribution in [0, 0.1) is 11.8 Å². The summed E-state index contributed by atoms with van der Waals surface area (Å²) in [5, 5.41) is 12.6. The van der Waals surface area contributed by atoms with Crippen molar-refractivity contribution in [3.05, 3.63) is 53.6 Å². The molecule has 0 radical (unpaired) electrons. The molecule has 2 atom stereocenters. The first-order valence-electron chi connectivity index (χ1n) is 13.7. The van der Waals surface area contributed by atoms with Crippen molar-refractivity contribution in [2.75, 3.05) is 26.6 Å². The summed E-state index contributed by atoms with van der Waals surface area (Å²) in [6, 6.07) is 13.9. The lowest BCUT2D eigenvalue weighted by Crippen LogP contribution is -2.50. The molecule has 2 aromatic rings. The number of unbranched alkanes of at least 4 members (excludes halogenated alkanes) is 4. The van der Waals surface area contributed by atoms with Crippen LogP contribution in [-0.4, -0.2) is 40.0 Å². The van der Waals surface area contributed by atoms with Gasteiger partial charge in [0.2, 0.25) is 0 Å². The van der Waals surface area contributed by atoms with Gasteiger partial charge < -0.3 is 19.0 Å². The lowest BCUT2D eigenvalue weighted by Gasteiger charge is -2.46. The molecule has 0 bridgehead atoms. The number of aliphatic hydroxyl groups is 1. The first-order valence-corrected chi connectivity index (χ1v) is 17.6. The fraction of sp³-hybridized carbons (Fsp3) is 0.562. The summed E-state index contributed by atoms with van der Waals surface area (Å²) in [4.78, 5) is 1.02. The van der Waals surface area contributed by atoms with Crippen molar-refractivity contribution >= 4 is 20.1 Å². The van der Waals surface area contributed by atoms with Crippen molar-refractivity contribution in [3.63, 3.8) is 0 Å². The second-order valence-corrected chi connectivity index (χ2v) is 17.8. The Kier molecular flexibility index (Phi) is 10.1. The Morgan fingerprint density at radius 2 is 1.58 bits per heavy atom. The maximum Gasteiger partial charge on any atom is 0.191 e. The van der Waals surface area contributed by atoms with Gasteiger partial charge >= 0.3 is 0 Å². The molecule has 6 heteroatoms. The van der Waals surface area contributed by atoms with E-state index in [2.05, 4.69) is 52.6 Å². The second-order valence-electron chi connectivity index (χ2n) is 12.0. The van der Waals surface area contributed by atoms with Crippen LogP contribution in [0.15, 0.2) is 47.4 Å². The minimum absolute atomic E-state index is 0.254. The monoisotopic (exact) mass is 554 g/mol. The van der Waals surface area contributed by atoms with E-state index in [1.54, 1.807) is 26.0 Å². The zero-order valence-electron chi connectivity index (χ0n) is 24.6. The van der Waals surface area contributed by atoms with Crippen molar-refractivity contribution in [1.82, 2.24) is 0 Å². The van der Waals surface area contributed by atoms with Gasteiger partial charge in [0.05, 0.1) is 14.2 Å². The van der Waals surface area contributed by atoms with Gasteiger partial charge in [0.15, 0.2) is 13.9 Å². The molecule has 4 nitrogen and oxygen atoms in total. The van der Waals surface area contributed by atoms with Gasteiger partial charge in [-0.05, 0) is 60.8 Å². The molecule has 0 aromatic heterocycles. The SMILES string of the molecule is COc1ccc(C2(C)CSc3cc(OC)ccc3C2(O)C#CCCCCCCO[Si](C)(C)C(C)(C)C)cc1.